The average Bonchev–Trinajstić information content (AvgIpc) is 2.75. The van der Waals surface area contributed by atoms with Crippen molar-refractivity contribution in [3.05, 3.63) is 29.8 Å². The van der Waals surface area contributed by atoms with E-state index in [1.807, 2.05) is 18.2 Å². The molecule has 0 radical (unpaired) electrons. The van der Waals surface area contributed by atoms with Crippen LogP contribution in [0.5, 0.6) is 5.75 Å². The molecular weight excluding hydrogens is 310 g/mol. The molecule has 136 valence electrons. The molecule has 1 aromatic carbocycles. The van der Waals surface area contributed by atoms with E-state index in [0.29, 0.717) is 17.4 Å². The van der Waals surface area contributed by atoms with Crippen molar-refractivity contribution in [2.24, 2.45) is 10.8 Å². The van der Waals surface area contributed by atoms with Crippen molar-refractivity contribution in [2.75, 3.05) is 13.7 Å². The molecule has 2 unspecified atom stereocenters. The van der Waals surface area contributed by atoms with Crippen molar-refractivity contribution in [2.45, 2.75) is 70.8 Å². The Kier molecular flexibility index (Phi) is 3.72. The van der Waals surface area contributed by atoms with Crippen molar-refractivity contribution in [1.82, 2.24) is 4.90 Å². The van der Waals surface area contributed by atoms with Gasteiger partial charge in [0.05, 0.1) is 12.5 Å². The Hall–Kier alpha value is -1.51. The molecule has 1 saturated heterocycles. The van der Waals surface area contributed by atoms with Crippen molar-refractivity contribution in [1.29, 1.82) is 0 Å². The summed E-state index contributed by atoms with van der Waals surface area (Å²) in [7, 11) is 1.71. The number of nitrogens with zero attached hydrogens (tertiary/aromatic N) is 1. The molecule has 3 fully saturated rings. The third-order valence-electron chi connectivity index (χ3n) is 6.91. The first-order valence-electron chi connectivity index (χ1n) is 9.73. The van der Waals surface area contributed by atoms with Crippen LogP contribution in [0, 0.1) is 10.8 Å². The van der Waals surface area contributed by atoms with Crippen LogP contribution < -0.4 is 4.74 Å². The first kappa shape index (κ1) is 16.9. The van der Waals surface area contributed by atoms with E-state index in [2.05, 4.69) is 31.7 Å². The molecule has 0 N–H and O–H groups in total. The molecule has 4 rings (SSSR count). The fraction of sp³-hybridized carbons (Fsp3) is 0.682. The minimum absolute atomic E-state index is 0.286. The molecule has 3 nitrogen and oxygen atoms in total. The van der Waals surface area contributed by atoms with Gasteiger partial charge in [-0.15, -0.1) is 0 Å². The largest absolute Gasteiger partial charge is 0.496 e. The Balaban J connectivity index is 1.68. The van der Waals surface area contributed by atoms with Crippen molar-refractivity contribution in [3.8, 4) is 5.75 Å². The van der Waals surface area contributed by atoms with E-state index in [9.17, 15) is 4.79 Å². The second-order valence-corrected chi connectivity index (χ2v) is 9.78. The van der Waals surface area contributed by atoms with Crippen LogP contribution in [0.2, 0.25) is 0 Å². The highest BCUT2D eigenvalue weighted by atomic mass is 16.5. The first-order chi connectivity index (χ1) is 11.8. The number of carbonyl (C=O) groups excluding carboxylic acids is 1. The number of carbonyl (C=O) groups is 1. The van der Waals surface area contributed by atoms with Gasteiger partial charge in [0.1, 0.15) is 5.75 Å². The molecule has 25 heavy (non-hydrogen) atoms. The molecule has 2 atom stereocenters. The van der Waals surface area contributed by atoms with Gasteiger partial charge in [-0.25, -0.2) is 0 Å². The minimum Gasteiger partial charge on any atom is -0.496 e. The summed E-state index contributed by atoms with van der Waals surface area (Å²) in [4.78, 5) is 16.0. The molecule has 2 saturated carbocycles. The highest BCUT2D eigenvalue weighted by Crippen LogP contribution is 2.55. The summed E-state index contributed by atoms with van der Waals surface area (Å²) in [5.74, 6) is 1.22. The number of likely N-dealkylation sites (tertiary alicyclic amines) is 1. The smallest absolute Gasteiger partial charge is 0.233 e. The van der Waals surface area contributed by atoms with Crippen molar-refractivity contribution >= 4 is 5.91 Å². The minimum atomic E-state index is -0.357. The topological polar surface area (TPSA) is 29.5 Å². The van der Waals surface area contributed by atoms with E-state index in [4.69, 9.17) is 4.74 Å². The fourth-order valence-corrected chi connectivity index (χ4v) is 6.14. The molecule has 1 heterocycles. The highest BCUT2D eigenvalue weighted by molar-refractivity contribution is 5.90. The van der Waals surface area contributed by atoms with Gasteiger partial charge >= 0.3 is 0 Å². The van der Waals surface area contributed by atoms with Gasteiger partial charge < -0.3 is 9.64 Å². The molecule has 1 aromatic rings. The van der Waals surface area contributed by atoms with Crippen LogP contribution in [-0.4, -0.2) is 30.5 Å². The number of methoxy groups -OCH3 is 1. The summed E-state index contributed by atoms with van der Waals surface area (Å²) in [5, 5.41) is 0. The number of hydrogen-bond donors (Lipinski definition) is 0. The third kappa shape index (κ3) is 2.58. The van der Waals surface area contributed by atoms with E-state index in [1.54, 1.807) is 7.11 Å². The van der Waals surface area contributed by atoms with Crippen LogP contribution in [0.3, 0.4) is 0 Å². The number of para-hydroxylation sites is 1. The van der Waals surface area contributed by atoms with Gasteiger partial charge in [-0.1, -0.05) is 45.4 Å². The second-order valence-electron chi connectivity index (χ2n) is 9.78. The van der Waals surface area contributed by atoms with Gasteiger partial charge in [0.15, 0.2) is 0 Å². The monoisotopic (exact) mass is 341 g/mol. The molecule has 3 aliphatic rings. The van der Waals surface area contributed by atoms with Gasteiger partial charge in [-0.2, -0.15) is 0 Å². The maximum atomic E-state index is 13.8. The number of ether oxygens (including phenoxy) is 1. The van der Waals surface area contributed by atoms with Crippen LogP contribution in [0.15, 0.2) is 24.3 Å². The van der Waals surface area contributed by atoms with Crippen LogP contribution in [-0.2, 0) is 10.2 Å². The summed E-state index contributed by atoms with van der Waals surface area (Å²) >= 11 is 0. The number of fused-ring (bicyclic) bond motifs is 2. The Labute approximate surface area is 151 Å². The lowest BCUT2D eigenvalue weighted by Gasteiger charge is -2.45. The predicted octanol–water partition coefficient (Wildman–Crippen LogP) is 4.54. The van der Waals surface area contributed by atoms with Gasteiger partial charge in [-0.3, -0.25) is 4.79 Å². The third-order valence-corrected chi connectivity index (χ3v) is 6.91. The summed E-state index contributed by atoms with van der Waals surface area (Å²) in [6.45, 7) is 8.04. The Morgan fingerprint density at radius 2 is 1.88 bits per heavy atom. The molecule has 1 aliphatic heterocycles. The summed E-state index contributed by atoms with van der Waals surface area (Å²) in [5.41, 5.74) is 1.36. The Morgan fingerprint density at radius 1 is 1.16 bits per heavy atom. The number of hydrogen-bond acceptors (Lipinski definition) is 2. The summed E-state index contributed by atoms with van der Waals surface area (Å²) < 4.78 is 5.61. The Bertz CT molecular complexity index is 691. The molecule has 3 heteroatoms. The normalized spacial score (nSPS) is 32.2. The molecule has 2 aliphatic carbocycles. The zero-order valence-electron chi connectivity index (χ0n) is 16.1. The number of amides is 1. The first-order valence-corrected chi connectivity index (χ1v) is 9.73. The van der Waals surface area contributed by atoms with E-state index in [1.165, 1.54) is 12.8 Å². The van der Waals surface area contributed by atoms with E-state index in [0.717, 1.165) is 43.5 Å². The van der Waals surface area contributed by atoms with Gasteiger partial charge in [0, 0.05) is 18.2 Å². The maximum Gasteiger partial charge on any atom is 0.233 e. The predicted molar refractivity (Wildman–Crippen MR) is 99.8 cm³/mol. The molecule has 2 bridgehead atoms. The van der Waals surface area contributed by atoms with Crippen LogP contribution >= 0.6 is 0 Å². The quantitative estimate of drug-likeness (QED) is 0.807. The van der Waals surface area contributed by atoms with Crippen LogP contribution in [0.1, 0.15) is 64.9 Å². The second kappa shape index (κ2) is 5.49. The lowest BCUT2D eigenvalue weighted by molar-refractivity contribution is -0.142. The summed E-state index contributed by atoms with van der Waals surface area (Å²) in [6.07, 6.45) is 6.57. The number of benzene rings is 1. The van der Waals surface area contributed by atoms with E-state index >= 15 is 0 Å². The lowest BCUT2D eigenvalue weighted by Crippen LogP contribution is -2.52. The van der Waals surface area contributed by atoms with Crippen LogP contribution in [0.4, 0.5) is 0 Å². The maximum absolute atomic E-state index is 13.8. The van der Waals surface area contributed by atoms with Crippen molar-refractivity contribution in [3.63, 3.8) is 0 Å². The molecule has 1 amide bonds. The van der Waals surface area contributed by atoms with Gasteiger partial charge in [-0.05, 0) is 49.0 Å². The average molecular weight is 341 g/mol. The van der Waals surface area contributed by atoms with E-state index < -0.39 is 0 Å². The van der Waals surface area contributed by atoms with Gasteiger partial charge in [0.25, 0.3) is 0 Å². The molecular formula is C22H31NO2. The Morgan fingerprint density at radius 3 is 2.52 bits per heavy atom. The molecule has 0 aromatic heterocycles. The molecule has 0 spiro atoms. The number of rotatable bonds is 3. The highest BCUT2D eigenvalue weighted by Gasteiger charge is 2.56. The summed E-state index contributed by atoms with van der Waals surface area (Å²) in [6, 6.07) is 8.54. The SMILES string of the molecule is COc1ccccc1C1(C(=O)N2CC3(C)CC2CC(C)(C)C3)CCC1. The van der Waals surface area contributed by atoms with E-state index in [-0.39, 0.29) is 10.8 Å². The standard InChI is InChI=1S/C22H31NO2/c1-20(2)12-16-13-21(3,14-20)15-23(16)19(24)22(10-7-11-22)17-8-5-6-9-18(17)25-4/h5-6,8-9,16H,7,10-15H2,1-4H3. The lowest BCUT2D eigenvalue weighted by atomic mass is 9.63. The fourth-order valence-electron chi connectivity index (χ4n) is 6.14. The van der Waals surface area contributed by atoms with Crippen LogP contribution in [0.25, 0.3) is 0 Å². The zero-order valence-corrected chi connectivity index (χ0v) is 16.1. The van der Waals surface area contributed by atoms with Gasteiger partial charge in [0.2, 0.25) is 5.91 Å². The van der Waals surface area contributed by atoms with Crippen molar-refractivity contribution < 1.29 is 9.53 Å². The zero-order chi connectivity index (χ0) is 17.9.